The van der Waals surface area contributed by atoms with Crippen LogP contribution in [-0.2, 0) is 17.9 Å². The molecule has 3 aromatic rings. The molecule has 1 saturated heterocycles. The first-order valence-corrected chi connectivity index (χ1v) is 12.3. The summed E-state index contributed by atoms with van der Waals surface area (Å²) < 4.78 is 2.94. The third-order valence-corrected chi connectivity index (χ3v) is 6.61. The van der Waals surface area contributed by atoms with Gasteiger partial charge in [-0.1, -0.05) is 18.1 Å². The third-order valence-electron chi connectivity index (χ3n) is 6.61. The number of carbonyl (C=O) groups is 2. The van der Waals surface area contributed by atoms with Crippen LogP contribution in [0.25, 0.3) is 11.0 Å². The van der Waals surface area contributed by atoms with Gasteiger partial charge < -0.3 is 16.0 Å². The average Bonchev–Trinajstić information content (AvgIpc) is 3.66. The zero-order valence-electron chi connectivity index (χ0n) is 20.2. The average molecular weight is 488 g/mol. The first kappa shape index (κ1) is 23.8. The summed E-state index contributed by atoms with van der Waals surface area (Å²) in [5, 5.41) is 7.08. The van der Waals surface area contributed by atoms with Crippen LogP contribution in [0.1, 0.15) is 43.0 Å². The number of fused-ring (bicyclic) bond motifs is 1. The van der Waals surface area contributed by atoms with Gasteiger partial charge in [-0.25, -0.2) is 9.67 Å². The van der Waals surface area contributed by atoms with Gasteiger partial charge >= 0.3 is 0 Å². The number of imidazole rings is 1. The number of para-hydroxylation sites is 1. The number of piperidine rings is 1. The van der Waals surface area contributed by atoms with Gasteiger partial charge in [0.25, 0.3) is 5.56 Å². The minimum absolute atomic E-state index is 0.00927. The van der Waals surface area contributed by atoms with E-state index in [4.69, 9.17) is 5.73 Å². The minimum atomic E-state index is -0.418. The van der Waals surface area contributed by atoms with Crippen molar-refractivity contribution in [2.75, 3.05) is 23.3 Å². The number of aromatic nitrogens is 4. The Bertz CT molecular complexity index is 1440. The molecule has 3 N–H and O–H groups in total. The number of nitrogens with one attached hydrogen (secondary N) is 1. The SMILES string of the molecule is CC#CCn1c(N2CCCC(N)C2)nc2cnn(CC(=O)c3ccccc3NC(=O)C3CC3)c(=O)c21. The number of nitrogens with zero attached hydrogens (tertiary/aromatic N) is 5. The summed E-state index contributed by atoms with van der Waals surface area (Å²) in [6.45, 7) is 3.21. The molecule has 2 aliphatic rings. The number of hydrogen-bond donors (Lipinski definition) is 2. The van der Waals surface area contributed by atoms with Gasteiger partial charge in [-0.05, 0) is 44.7 Å². The Labute approximate surface area is 208 Å². The Hall–Kier alpha value is -3.97. The monoisotopic (exact) mass is 487 g/mol. The van der Waals surface area contributed by atoms with Crippen LogP contribution in [0.4, 0.5) is 11.6 Å². The van der Waals surface area contributed by atoms with E-state index in [0.717, 1.165) is 36.9 Å². The standard InChI is InChI=1S/C26H29N7O3/c1-2-3-13-32-23-21(30-26(32)31-12-6-7-18(27)15-31)14-28-33(25(23)36)16-22(34)19-8-4-5-9-20(19)29-24(35)17-10-11-17/h4-5,8-9,14,17-18H,6-7,10-13,15-16,27H2,1H3,(H,29,35). The molecule has 0 spiro atoms. The Morgan fingerprint density at radius 2 is 2.03 bits per heavy atom. The van der Waals surface area contributed by atoms with Crippen molar-refractivity contribution in [2.45, 2.75) is 51.7 Å². The highest BCUT2D eigenvalue weighted by Gasteiger charge is 2.30. The molecule has 0 radical (unpaired) electrons. The molecule has 36 heavy (non-hydrogen) atoms. The molecule has 1 aliphatic carbocycles. The van der Waals surface area contributed by atoms with Crippen molar-refractivity contribution in [3.63, 3.8) is 0 Å². The number of nitrogens with two attached hydrogens (primary N) is 1. The topological polar surface area (TPSA) is 128 Å². The fraction of sp³-hybridized carbons (Fsp3) is 0.423. The number of anilines is 2. The van der Waals surface area contributed by atoms with E-state index in [0.29, 0.717) is 34.8 Å². The molecule has 0 bridgehead atoms. The van der Waals surface area contributed by atoms with Gasteiger partial charge in [0.1, 0.15) is 17.6 Å². The van der Waals surface area contributed by atoms with Crippen molar-refractivity contribution >= 4 is 34.4 Å². The van der Waals surface area contributed by atoms with Gasteiger partial charge in [0, 0.05) is 30.6 Å². The van der Waals surface area contributed by atoms with E-state index < -0.39 is 5.56 Å². The van der Waals surface area contributed by atoms with Crippen molar-refractivity contribution in [3.8, 4) is 11.8 Å². The summed E-state index contributed by atoms with van der Waals surface area (Å²) in [6.07, 6.45) is 5.13. The molecule has 1 atom stereocenters. The first-order valence-electron chi connectivity index (χ1n) is 12.3. The highest BCUT2D eigenvalue weighted by atomic mass is 16.2. The smallest absolute Gasteiger partial charge is 0.293 e. The predicted molar refractivity (Wildman–Crippen MR) is 137 cm³/mol. The van der Waals surface area contributed by atoms with Crippen LogP contribution in [0.5, 0.6) is 0 Å². The highest BCUT2D eigenvalue weighted by molar-refractivity contribution is 6.05. The number of hydrogen-bond acceptors (Lipinski definition) is 7. The van der Waals surface area contributed by atoms with Crippen LogP contribution in [0, 0.1) is 17.8 Å². The lowest BCUT2D eigenvalue weighted by atomic mass is 10.1. The lowest BCUT2D eigenvalue weighted by Gasteiger charge is -2.31. The lowest BCUT2D eigenvalue weighted by molar-refractivity contribution is -0.117. The lowest BCUT2D eigenvalue weighted by Crippen LogP contribution is -2.44. The van der Waals surface area contributed by atoms with E-state index in [1.165, 1.54) is 6.20 Å². The molecular formula is C26H29N7O3. The maximum absolute atomic E-state index is 13.5. The molecule has 1 aromatic carbocycles. The van der Waals surface area contributed by atoms with Crippen LogP contribution in [-0.4, -0.2) is 50.2 Å². The van der Waals surface area contributed by atoms with Crippen molar-refractivity contribution in [2.24, 2.45) is 11.7 Å². The molecule has 2 aromatic heterocycles. The van der Waals surface area contributed by atoms with Crippen LogP contribution in [0.2, 0.25) is 0 Å². The Balaban J connectivity index is 1.48. The summed E-state index contributed by atoms with van der Waals surface area (Å²) in [4.78, 5) is 45.8. The van der Waals surface area contributed by atoms with E-state index in [9.17, 15) is 14.4 Å². The van der Waals surface area contributed by atoms with E-state index in [-0.39, 0.29) is 36.7 Å². The number of rotatable bonds is 7. The summed E-state index contributed by atoms with van der Waals surface area (Å²) >= 11 is 0. The molecule has 1 saturated carbocycles. The van der Waals surface area contributed by atoms with Gasteiger partial charge in [0.2, 0.25) is 11.9 Å². The van der Waals surface area contributed by atoms with Crippen molar-refractivity contribution in [3.05, 3.63) is 46.4 Å². The van der Waals surface area contributed by atoms with E-state index >= 15 is 0 Å². The Morgan fingerprint density at radius 1 is 1.22 bits per heavy atom. The fourth-order valence-electron chi connectivity index (χ4n) is 4.56. The number of ketones is 1. The van der Waals surface area contributed by atoms with E-state index in [1.807, 2.05) is 0 Å². The fourth-order valence-corrected chi connectivity index (χ4v) is 4.56. The summed E-state index contributed by atoms with van der Waals surface area (Å²) in [6, 6.07) is 6.87. The van der Waals surface area contributed by atoms with Crippen molar-refractivity contribution in [1.82, 2.24) is 19.3 Å². The quantitative estimate of drug-likeness (QED) is 0.384. The van der Waals surface area contributed by atoms with Crippen LogP contribution in [0.15, 0.2) is 35.3 Å². The summed E-state index contributed by atoms with van der Waals surface area (Å²) in [7, 11) is 0. The zero-order chi connectivity index (χ0) is 25.2. The molecule has 1 aliphatic heterocycles. The van der Waals surface area contributed by atoms with Crippen LogP contribution >= 0.6 is 0 Å². The molecule has 5 rings (SSSR count). The van der Waals surface area contributed by atoms with Gasteiger partial charge in [-0.2, -0.15) is 5.10 Å². The Morgan fingerprint density at radius 3 is 2.78 bits per heavy atom. The van der Waals surface area contributed by atoms with Crippen molar-refractivity contribution < 1.29 is 9.59 Å². The van der Waals surface area contributed by atoms with Crippen LogP contribution < -0.4 is 21.5 Å². The molecule has 10 nitrogen and oxygen atoms in total. The molecule has 2 fully saturated rings. The molecule has 3 heterocycles. The normalized spacial score (nSPS) is 17.5. The maximum Gasteiger partial charge on any atom is 0.293 e. The largest absolute Gasteiger partial charge is 0.341 e. The van der Waals surface area contributed by atoms with Gasteiger partial charge in [-0.15, -0.1) is 5.92 Å². The second-order valence-electron chi connectivity index (χ2n) is 9.35. The Kier molecular flexibility index (Phi) is 6.57. The van der Waals surface area contributed by atoms with Gasteiger partial charge in [-0.3, -0.25) is 19.0 Å². The zero-order valence-corrected chi connectivity index (χ0v) is 20.2. The van der Waals surface area contributed by atoms with Gasteiger partial charge in [0.15, 0.2) is 5.78 Å². The van der Waals surface area contributed by atoms with E-state index in [2.05, 4.69) is 32.1 Å². The molecular weight excluding hydrogens is 458 g/mol. The van der Waals surface area contributed by atoms with E-state index in [1.54, 1.807) is 35.8 Å². The number of carbonyl (C=O) groups excluding carboxylic acids is 2. The number of amides is 1. The first-order chi connectivity index (χ1) is 17.5. The minimum Gasteiger partial charge on any atom is -0.341 e. The second-order valence-corrected chi connectivity index (χ2v) is 9.35. The van der Waals surface area contributed by atoms with Crippen molar-refractivity contribution in [1.29, 1.82) is 0 Å². The van der Waals surface area contributed by atoms with Crippen LogP contribution in [0.3, 0.4) is 0 Å². The second kappa shape index (κ2) is 9.95. The third kappa shape index (κ3) is 4.75. The molecule has 1 unspecified atom stereocenters. The summed E-state index contributed by atoms with van der Waals surface area (Å²) in [5.74, 6) is 6.14. The van der Waals surface area contributed by atoms with Gasteiger partial charge in [0.05, 0.1) is 18.4 Å². The highest BCUT2D eigenvalue weighted by Crippen LogP contribution is 2.31. The predicted octanol–water partition coefficient (Wildman–Crippen LogP) is 1.78. The molecule has 10 heteroatoms. The maximum atomic E-state index is 13.5. The molecule has 1 amide bonds. The molecule has 186 valence electrons. The summed E-state index contributed by atoms with van der Waals surface area (Å²) in [5.41, 5.74) is 7.36. The number of benzene rings is 1. The number of Topliss-reactive ketones (excluding diaryl/α,β-unsaturated/α-hetero) is 1.